The molecule has 0 aliphatic carbocycles. The van der Waals surface area contributed by atoms with Gasteiger partial charge in [0, 0.05) is 19.7 Å². The van der Waals surface area contributed by atoms with Crippen LogP contribution in [-0.4, -0.2) is 37.4 Å². The van der Waals surface area contributed by atoms with E-state index in [4.69, 9.17) is 17.0 Å². The normalized spacial score (nSPS) is 10.2. The van der Waals surface area contributed by atoms with E-state index in [-0.39, 0.29) is 0 Å². The van der Waals surface area contributed by atoms with Gasteiger partial charge < -0.3 is 9.64 Å². The van der Waals surface area contributed by atoms with Crippen molar-refractivity contribution in [1.82, 2.24) is 10.3 Å². The molecule has 0 saturated heterocycles. The molecule has 0 bridgehead atoms. The van der Waals surface area contributed by atoms with Crippen molar-refractivity contribution in [3.05, 3.63) is 29.8 Å². The van der Waals surface area contributed by atoms with Gasteiger partial charge in [-0.1, -0.05) is 12.1 Å². The van der Waals surface area contributed by atoms with Gasteiger partial charge in [-0.25, -0.2) is 0 Å². The lowest BCUT2D eigenvalue weighted by Crippen LogP contribution is -2.30. The number of hydrazone groups is 1. The molecule has 0 aliphatic heterocycles. The van der Waals surface area contributed by atoms with Crippen LogP contribution in [0.5, 0.6) is 5.75 Å². The summed E-state index contributed by atoms with van der Waals surface area (Å²) in [7, 11) is 5.34. The first kappa shape index (κ1) is 12.4. The second kappa shape index (κ2) is 6.07. The Balaban J connectivity index is 2.66. The monoisotopic (exact) mass is 237 g/mol. The number of benzene rings is 1. The molecule has 4 nitrogen and oxygen atoms in total. The molecule has 1 aromatic carbocycles. The molecule has 0 atom stereocenters. The van der Waals surface area contributed by atoms with E-state index in [9.17, 15) is 0 Å². The van der Waals surface area contributed by atoms with Crippen molar-refractivity contribution in [3.8, 4) is 5.75 Å². The minimum absolute atomic E-state index is 0.561. The predicted molar refractivity (Wildman–Crippen MR) is 70.0 cm³/mol. The Labute approximate surface area is 101 Å². The second-order valence-electron chi connectivity index (χ2n) is 3.31. The summed E-state index contributed by atoms with van der Waals surface area (Å²) in [4.78, 5) is 1.77. The third-order valence-corrected chi connectivity index (χ3v) is 2.37. The highest BCUT2D eigenvalue weighted by Gasteiger charge is 1.98. The number of hydrogen-bond donors (Lipinski definition) is 1. The molecule has 0 aromatic heterocycles. The Hall–Kier alpha value is -1.62. The van der Waals surface area contributed by atoms with Crippen molar-refractivity contribution in [1.29, 1.82) is 0 Å². The minimum atomic E-state index is 0.561. The SMILES string of the molecule is COc1ccccc1C=NNC(=S)N(C)C. The van der Waals surface area contributed by atoms with E-state index in [0.29, 0.717) is 5.11 Å². The maximum Gasteiger partial charge on any atom is 0.189 e. The van der Waals surface area contributed by atoms with Crippen LogP contribution in [0.1, 0.15) is 5.56 Å². The average Bonchev–Trinajstić information content (AvgIpc) is 2.29. The summed E-state index contributed by atoms with van der Waals surface area (Å²) in [5.74, 6) is 0.781. The number of rotatable bonds is 3. The maximum absolute atomic E-state index is 5.19. The molecule has 1 aromatic rings. The van der Waals surface area contributed by atoms with E-state index in [1.54, 1.807) is 18.2 Å². The van der Waals surface area contributed by atoms with E-state index < -0.39 is 0 Å². The molecule has 16 heavy (non-hydrogen) atoms. The number of nitrogens with zero attached hydrogens (tertiary/aromatic N) is 2. The van der Waals surface area contributed by atoms with E-state index >= 15 is 0 Å². The van der Waals surface area contributed by atoms with E-state index in [2.05, 4.69) is 10.5 Å². The van der Waals surface area contributed by atoms with E-state index in [1.165, 1.54) is 0 Å². The Morgan fingerprint density at radius 2 is 2.12 bits per heavy atom. The standard InChI is InChI=1S/C11H15N3OS/c1-14(2)11(16)13-12-8-9-6-4-5-7-10(9)15-3/h4-8H,1-3H3,(H,13,16). The van der Waals surface area contributed by atoms with Gasteiger partial charge in [0.1, 0.15) is 5.75 Å². The molecule has 0 heterocycles. The Bertz CT molecular complexity index is 391. The molecule has 0 aliphatic rings. The first-order valence-electron chi connectivity index (χ1n) is 4.78. The third kappa shape index (κ3) is 3.51. The van der Waals surface area contributed by atoms with E-state index in [1.807, 2.05) is 38.4 Å². The van der Waals surface area contributed by atoms with Gasteiger partial charge in [-0.05, 0) is 24.4 Å². The molecule has 0 saturated carbocycles. The summed E-state index contributed by atoms with van der Waals surface area (Å²) < 4.78 is 5.19. The van der Waals surface area contributed by atoms with Crippen LogP contribution < -0.4 is 10.2 Å². The van der Waals surface area contributed by atoms with Crippen molar-refractivity contribution in [2.75, 3.05) is 21.2 Å². The molecule has 1 rings (SSSR count). The topological polar surface area (TPSA) is 36.9 Å². The van der Waals surface area contributed by atoms with Crippen LogP contribution in [-0.2, 0) is 0 Å². The first-order valence-corrected chi connectivity index (χ1v) is 5.19. The molecule has 0 fully saturated rings. The number of para-hydroxylation sites is 1. The summed E-state index contributed by atoms with van der Waals surface area (Å²) in [6, 6.07) is 7.64. The van der Waals surface area contributed by atoms with Crippen molar-refractivity contribution < 1.29 is 4.74 Å². The Morgan fingerprint density at radius 3 is 2.75 bits per heavy atom. The van der Waals surface area contributed by atoms with Gasteiger partial charge in [0.05, 0.1) is 13.3 Å². The molecule has 0 spiro atoms. The molecule has 86 valence electrons. The second-order valence-corrected chi connectivity index (χ2v) is 3.70. The van der Waals surface area contributed by atoms with Crippen molar-refractivity contribution in [3.63, 3.8) is 0 Å². The van der Waals surface area contributed by atoms with Crippen LogP contribution in [0.3, 0.4) is 0 Å². The molecular formula is C11H15N3OS. The van der Waals surface area contributed by atoms with Gasteiger partial charge in [0.2, 0.25) is 0 Å². The fourth-order valence-corrected chi connectivity index (χ4v) is 1.08. The van der Waals surface area contributed by atoms with E-state index in [0.717, 1.165) is 11.3 Å². The lowest BCUT2D eigenvalue weighted by molar-refractivity contribution is 0.414. The van der Waals surface area contributed by atoms with Crippen LogP contribution >= 0.6 is 12.2 Å². The van der Waals surface area contributed by atoms with Crippen LogP contribution in [0.4, 0.5) is 0 Å². The zero-order valence-electron chi connectivity index (χ0n) is 9.60. The first-order chi connectivity index (χ1) is 7.65. The van der Waals surface area contributed by atoms with Crippen molar-refractivity contribution in [2.24, 2.45) is 5.10 Å². The van der Waals surface area contributed by atoms with Gasteiger partial charge >= 0.3 is 0 Å². The maximum atomic E-state index is 5.19. The number of hydrogen-bond acceptors (Lipinski definition) is 3. The lowest BCUT2D eigenvalue weighted by atomic mass is 10.2. The minimum Gasteiger partial charge on any atom is -0.496 e. The van der Waals surface area contributed by atoms with Gasteiger partial charge in [-0.2, -0.15) is 5.10 Å². The highest BCUT2D eigenvalue weighted by atomic mass is 32.1. The summed E-state index contributed by atoms with van der Waals surface area (Å²) in [6.07, 6.45) is 1.68. The Kier molecular flexibility index (Phi) is 4.72. The van der Waals surface area contributed by atoms with Gasteiger partial charge in [-0.15, -0.1) is 0 Å². The number of ether oxygens (including phenoxy) is 1. The number of nitrogens with one attached hydrogen (secondary N) is 1. The Morgan fingerprint density at radius 1 is 1.44 bits per heavy atom. The van der Waals surface area contributed by atoms with Crippen LogP contribution in [0.2, 0.25) is 0 Å². The molecule has 0 unspecified atom stereocenters. The van der Waals surface area contributed by atoms with Gasteiger partial charge in [0.25, 0.3) is 0 Å². The molecule has 5 heteroatoms. The molecule has 0 radical (unpaired) electrons. The largest absolute Gasteiger partial charge is 0.496 e. The highest BCUT2D eigenvalue weighted by Crippen LogP contribution is 2.14. The lowest BCUT2D eigenvalue weighted by Gasteiger charge is -2.11. The van der Waals surface area contributed by atoms with Crippen LogP contribution in [0.15, 0.2) is 29.4 Å². The number of methoxy groups -OCH3 is 1. The summed E-state index contributed by atoms with van der Waals surface area (Å²) >= 11 is 5.02. The van der Waals surface area contributed by atoms with Crippen molar-refractivity contribution in [2.45, 2.75) is 0 Å². The smallest absolute Gasteiger partial charge is 0.189 e. The molecule has 0 amide bonds. The summed E-state index contributed by atoms with van der Waals surface area (Å²) in [5, 5.41) is 4.59. The zero-order chi connectivity index (χ0) is 12.0. The fraction of sp³-hybridized carbons (Fsp3) is 0.273. The summed E-state index contributed by atoms with van der Waals surface area (Å²) in [5.41, 5.74) is 3.66. The average molecular weight is 237 g/mol. The van der Waals surface area contributed by atoms with Crippen LogP contribution in [0.25, 0.3) is 0 Å². The van der Waals surface area contributed by atoms with Gasteiger partial charge in [-0.3, -0.25) is 5.43 Å². The quantitative estimate of drug-likeness (QED) is 0.490. The van der Waals surface area contributed by atoms with Gasteiger partial charge in [0.15, 0.2) is 5.11 Å². The zero-order valence-corrected chi connectivity index (χ0v) is 10.4. The number of thiocarbonyl (C=S) groups is 1. The highest BCUT2D eigenvalue weighted by molar-refractivity contribution is 7.80. The molecular weight excluding hydrogens is 222 g/mol. The van der Waals surface area contributed by atoms with Crippen LogP contribution in [0, 0.1) is 0 Å². The third-order valence-electron chi connectivity index (χ3n) is 1.91. The van der Waals surface area contributed by atoms with Crippen molar-refractivity contribution >= 4 is 23.5 Å². The summed E-state index contributed by atoms with van der Waals surface area (Å²) in [6.45, 7) is 0. The molecule has 1 N–H and O–H groups in total. The predicted octanol–water partition coefficient (Wildman–Crippen LogP) is 1.47. The fourth-order valence-electron chi connectivity index (χ4n) is 1.03.